The van der Waals surface area contributed by atoms with E-state index in [1.54, 1.807) is 13.1 Å². The number of nitro groups is 1. The van der Waals surface area contributed by atoms with E-state index in [1.807, 2.05) is 42.2 Å². The van der Waals surface area contributed by atoms with Gasteiger partial charge in [0.2, 0.25) is 5.95 Å². The molecule has 4 aromatic rings. The summed E-state index contributed by atoms with van der Waals surface area (Å²) in [5.41, 5.74) is 10.1. The zero-order valence-corrected chi connectivity index (χ0v) is 23.0. The van der Waals surface area contributed by atoms with E-state index in [0.29, 0.717) is 29.4 Å². The van der Waals surface area contributed by atoms with Crippen molar-refractivity contribution in [1.29, 1.82) is 0 Å². The van der Waals surface area contributed by atoms with Gasteiger partial charge in [-0.25, -0.2) is 9.97 Å². The molecule has 0 spiro atoms. The first-order chi connectivity index (χ1) is 19.2. The van der Waals surface area contributed by atoms with Gasteiger partial charge in [-0.2, -0.15) is 0 Å². The molecule has 0 saturated carbocycles. The topological polar surface area (TPSA) is 145 Å². The summed E-state index contributed by atoms with van der Waals surface area (Å²) in [6, 6.07) is 9.16. The molecule has 1 aliphatic heterocycles. The molecule has 5 rings (SSSR count). The summed E-state index contributed by atoms with van der Waals surface area (Å²) in [6.07, 6.45) is 5.39. The number of para-hydroxylation sites is 1. The van der Waals surface area contributed by atoms with Crippen LogP contribution in [0, 0.1) is 10.1 Å². The summed E-state index contributed by atoms with van der Waals surface area (Å²) in [5.74, 6) is -0.117. The van der Waals surface area contributed by atoms with Crippen molar-refractivity contribution in [2.45, 2.75) is 19.4 Å². The molecule has 3 N–H and O–H groups in total. The third kappa shape index (κ3) is 5.00. The number of amides is 1. The van der Waals surface area contributed by atoms with Crippen LogP contribution in [-0.2, 0) is 13.0 Å². The number of methoxy groups -OCH3 is 1. The highest BCUT2D eigenvalue weighted by Crippen LogP contribution is 2.40. The summed E-state index contributed by atoms with van der Waals surface area (Å²) in [5, 5.41) is 16.1. The van der Waals surface area contributed by atoms with Crippen molar-refractivity contribution in [1.82, 2.24) is 19.4 Å². The van der Waals surface area contributed by atoms with Crippen LogP contribution in [0.3, 0.4) is 0 Å². The van der Waals surface area contributed by atoms with Gasteiger partial charge < -0.3 is 30.2 Å². The first kappa shape index (κ1) is 26.9. The summed E-state index contributed by atoms with van der Waals surface area (Å²) in [7, 11) is 7.18. The molecule has 208 valence electrons. The smallest absolute Gasteiger partial charge is 0.294 e. The Labute approximate surface area is 231 Å². The largest absolute Gasteiger partial charge is 0.494 e. The number of carbonyl (C=O) groups excluding carboxylic acids is 1. The zero-order chi connectivity index (χ0) is 28.6. The van der Waals surface area contributed by atoms with Crippen LogP contribution in [0.25, 0.3) is 22.2 Å². The van der Waals surface area contributed by atoms with Crippen LogP contribution >= 0.6 is 0 Å². The molecule has 3 heterocycles. The Kier molecular flexibility index (Phi) is 7.26. The number of ether oxygens (including phenoxy) is 1. The maximum absolute atomic E-state index is 12.4. The highest BCUT2D eigenvalue weighted by Gasteiger charge is 2.24. The Morgan fingerprint density at radius 3 is 2.75 bits per heavy atom. The Morgan fingerprint density at radius 2 is 2.05 bits per heavy atom. The lowest BCUT2D eigenvalue weighted by atomic mass is 10.0. The van der Waals surface area contributed by atoms with Crippen molar-refractivity contribution < 1.29 is 14.5 Å². The van der Waals surface area contributed by atoms with Crippen LogP contribution in [-0.4, -0.2) is 71.6 Å². The number of nitrogens with two attached hydrogens (primary N) is 1. The lowest BCUT2D eigenvalue weighted by Crippen LogP contribution is -2.29. The van der Waals surface area contributed by atoms with Crippen molar-refractivity contribution in [2.24, 2.45) is 5.73 Å². The standard InChI is InChI=1S/C28H32N8O4/c1-33(2)11-12-34(3)22-14-24(40-4)21(13-23(22)36(38)39)31-28-30-15-19(27(29)37)25(32-28)20-16-35-10-6-8-17-7-5-9-18(20)26(17)35/h5,7,9,13-16H,6,8,10-12H2,1-4H3,(H2,29,37)(H,30,31,32). The van der Waals surface area contributed by atoms with Gasteiger partial charge in [0.25, 0.3) is 11.6 Å². The number of likely N-dealkylation sites (N-methyl/N-ethyl adjacent to an activating group) is 2. The van der Waals surface area contributed by atoms with Crippen molar-refractivity contribution in [3.05, 3.63) is 64.0 Å². The number of anilines is 3. The number of nitrogens with one attached hydrogen (secondary N) is 1. The molecule has 0 fully saturated rings. The number of benzene rings is 2. The van der Waals surface area contributed by atoms with Crippen molar-refractivity contribution in [3.63, 3.8) is 0 Å². The maximum Gasteiger partial charge on any atom is 0.294 e. The third-order valence-electron chi connectivity index (χ3n) is 7.17. The Bertz CT molecular complexity index is 1610. The van der Waals surface area contributed by atoms with E-state index < -0.39 is 10.8 Å². The number of aromatic nitrogens is 3. The lowest BCUT2D eigenvalue weighted by Gasteiger charge is -2.22. The predicted octanol–water partition coefficient (Wildman–Crippen LogP) is 3.80. The summed E-state index contributed by atoms with van der Waals surface area (Å²) in [6.45, 7) is 2.17. The van der Waals surface area contributed by atoms with Gasteiger partial charge in [0, 0.05) is 62.2 Å². The van der Waals surface area contributed by atoms with Crippen LogP contribution in [0.1, 0.15) is 22.3 Å². The highest BCUT2D eigenvalue weighted by molar-refractivity contribution is 6.05. The van der Waals surface area contributed by atoms with Crippen LogP contribution in [0.5, 0.6) is 5.75 Å². The zero-order valence-electron chi connectivity index (χ0n) is 23.0. The fourth-order valence-corrected chi connectivity index (χ4v) is 5.14. The van der Waals surface area contributed by atoms with E-state index in [1.165, 1.54) is 24.9 Å². The van der Waals surface area contributed by atoms with E-state index in [2.05, 4.69) is 25.9 Å². The number of primary amides is 1. The second-order valence-electron chi connectivity index (χ2n) is 10.1. The molecule has 1 amide bonds. The van der Waals surface area contributed by atoms with Gasteiger partial charge in [-0.1, -0.05) is 18.2 Å². The minimum atomic E-state index is -0.646. The minimum Gasteiger partial charge on any atom is -0.494 e. The Morgan fingerprint density at radius 1 is 1.25 bits per heavy atom. The van der Waals surface area contributed by atoms with Crippen LogP contribution in [0.2, 0.25) is 0 Å². The van der Waals surface area contributed by atoms with Crippen LogP contribution < -0.4 is 20.7 Å². The molecule has 0 radical (unpaired) electrons. The molecular formula is C28H32N8O4. The molecule has 0 aliphatic carbocycles. The second kappa shape index (κ2) is 10.8. The summed E-state index contributed by atoms with van der Waals surface area (Å²) < 4.78 is 7.77. The number of hydrogen-bond acceptors (Lipinski definition) is 9. The fraction of sp³-hybridized carbons (Fsp3) is 0.321. The number of carbonyl (C=O) groups is 1. The second-order valence-corrected chi connectivity index (χ2v) is 10.1. The molecule has 0 bridgehead atoms. The highest BCUT2D eigenvalue weighted by atomic mass is 16.6. The van der Waals surface area contributed by atoms with Gasteiger partial charge in [0.1, 0.15) is 11.4 Å². The summed E-state index contributed by atoms with van der Waals surface area (Å²) in [4.78, 5) is 36.8. The first-order valence-corrected chi connectivity index (χ1v) is 12.9. The molecule has 2 aromatic heterocycles. The van der Waals surface area contributed by atoms with Gasteiger partial charge in [-0.15, -0.1) is 0 Å². The number of aryl methyl sites for hydroxylation is 2. The first-order valence-electron chi connectivity index (χ1n) is 12.9. The van der Waals surface area contributed by atoms with Crippen molar-refractivity contribution in [3.8, 4) is 17.0 Å². The van der Waals surface area contributed by atoms with Gasteiger partial charge >= 0.3 is 0 Å². The van der Waals surface area contributed by atoms with E-state index in [4.69, 9.17) is 10.5 Å². The van der Waals surface area contributed by atoms with E-state index in [-0.39, 0.29) is 17.2 Å². The van der Waals surface area contributed by atoms with Gasteiger partial charge in [-0.05, 0) is 32.5 Å². The number of hydrogen-bond donors (Lipinski definition) is 2. The average molecular weight is 545 g/mol. The SMILES string of the molecule is COc1cc(N(C)CCN(C)C)c([N+](=O)[O-])cc1Nc1ncc(C(N)=O)c(-c2cn3c4c(cccc24)CCC3)n1. The van der Waals surface area contributed by atoms with Crippen LogP contribution in [0.4, 0.5) is 23.0 Å². The van der Waals surface area contributed by atoms with Crippen molar-refractivity contribution >= 4 is 39.8 Å². The monoisotopic (exact) mass is 544 g/mol. The molecule has 0 atom stereocenters. The molecule has 40 heavy (non-hydrogen) atoms. The predicted molar refractivity (Wildman–Crippen MR) is 155 cm³/mol. The molecule has 0 unspecified atom stereocenters. The number of rotatable bonds is 10. The minimum absolute atomic E-state index is 0.0903. The molecule has 2 aromatic carbocycles. The quantitative estimate of drug-likeness (QED) is 0.225. The van der Waals surface area contributed by atoms with E-state index in [9.17, 15) is 14.9 Å². The maximum atomic E-state index is 12.4. The van der Waals surface area contributed by atoms with Gasteiger partial charge in [0.05, 0.1) is 34.5 Å². The molecular weight excluding hydrogens is 512 g/mol. The molecule has 12 nitrogen and oxygen atoms in total. The Hall–Kier alpha value is -4.71. The summed E-state index contributed by atoms with van der Waals surface area (Å²) >= 11 is 0. The molecule has 12 heteroatoms. The fourth-order valence-electron chi connectivity index (χ4n) is 5.14. The molecule has 1 aliphatic rings. The van der Waals surface area contributed by atoms with Gasteiger partial charge in [0.15, 0.2) is 0 Å². The third-order valence-corrected chi connectivity index (χ3v) is 7.17. The lowest BCUT2D eigenvalue weighted by molar-refractivity contribution is -0.384. The van der Waals surface area contributed by atoms with E-state index >= 15 is 0 Å². The number of nitrogens with zero attached hydrogens (tertiary/aromatic N) is 6. The van der Waals surface area contributed by atoms with Crippen molar-refractivity contribution in [2.75, 3.05) is 51.6 Å². The van der Waals surface area contributed by atoms with E-state index in [0.717, 1.165) is 42.4 Å². The number of nitro benzene ring substituents is 1. The van der Waals surface area contributed by atoms with Gasteiger partial charge in [-0.3, -0.25) is 14.9 Å². The molecule has 0 saturated heterocycles. The normalized spacial score (nSPS) is 12.5. The Balaban J connectivity index is 1.58. The average Bonchev–Trinajstić information content (AvgIpc) is 3.31. The van der Waals surface area contributed by atoms with Crippen LogP contribution in [0.15, 0.2) is 42.7 Å².